The summed E-state index contributed by atoms with van der Waals surface area (Å²) in [6, 6.07) is 0. The SMILES string of the molecule is CCC1CCC(=O)C(CN2CCC(C(C)(C)C)CC2)C1. The number of carbonyl (C=O) groups excluding carboxylic acids is 1. The van der Waals surface area contributed by atoms with Crippen molar-refractivity contribution in [1.82, 2.24) is 4.90 Å². The van der Waals surface area contributed by atoms with Gasteiger partial charge in [0.2, 0.25) is 0 Å². The van der Waals surface area contributed by atoms with Crippen molar-refractivity contribution in [2.45, 2.75) is 66.2 Å². The highest BCUT2D eigenvalue weighted by atomic mass is 16.1. The second-order valence-corrected chi connectivity index (χ2v) is 8.15. The van der Waals surface area contributed by atoms with Gasteiger partial charge in [-0.2, -0.15) is 0 Å². The highest BCUT2D eigenvalue weighted by molar-refractivity contribution is 5.81. The minimum Gasteiger partial charge on any atom is -0.303 e. The summed E-state index contributed by atoms with van der Waals surface area (Å²) in [5, 5.41) is 0. The van der Waals surface area contributed by atoms with Gasteiger partial charge in [0, 0.05) is 18.9 Å². The van der Waals surface area contributed by atoms with Crippen molar-refractivity contribution in [3.05, 3.63) is 0 Å². The Balaban J connectivity index is 1.81. The summed E-state index contributed by atoms with van der Waals surface area (Å²) >= 11 is 0. The molecule has 2 aliphatic rings. The highest BCUT2D eigenvalue weighted by Gasteiger charge is 2.32. The number of hydrogen-bond donors (Lipinski definition) is 0. The van der Waals surface area contributed by atoms with Gasteiger partial charge in [-0.25, -0.2) is 0 Å². The van der Waals surface area contributed by atoms with Crippen LogP contribution in [0.1, 0.15) is 66.2 Å². The van der Waals surface area contributed by atoms with Crippen molar-refractivity contribution >= 4 is 5.78 Å². The van der Waals surface area contributed by atoms with E-state index >= 15 is 0 Å². The molecule has 1 aliphatic carbocycles. The molecule has 0 bridgehead atoms. The van der Waals surface area contributed by atoms with E-state index in [2.05, 4.69) is 32.6 Å². The number of carbonyl (C=O) groups is 1. The van der Waals surface area contributed by atoms with Gasteiger partial charge in [-0.1, -0.05) is 34.1 Å². The first kappa shape index (κ1) is 16.0. The predicted octanol–water partition coefficient (Wildman–Crippen LogP) is 4.14. The summed E-state index contributed by atoms with van der Waals surface area (Å²) < 4.78 is 0. The molecule has 116 valence electrons. The summed E-state index contributed by atoms with van der Waals surface area (Å²) in [4.78, 5) is 14.7. The Morgan fingerprint density at radius 3 is 2.35 bits per heavy atom. The van der Waals surface area contributed by atoms with E-state index in [0.29, 0.717) is 17.1 Å². The van der Waals surface area contributed by atoms with Gasteiger partial charge in [0.25, 0.3) is 0 Å². The Labute approximate surface area is 125 Å². The third-order valence-electron chi connectivity index (χ3n) is 5.74. The Kier molecular flexibility index (Phi) is 5.28. The van der Waals surface area contributed by atoms with E-state index in [1.807, 2.05) is 0 Å². The van der Waals surface area contributed by atoms with Crippen molar-refractivity contribution in [2.75, 3.05) is 19.6 Å². The van der Waals surface area contributed by atoms with Crippen molar-refractivity contribution in [1.29, 1.82) is 0 Å². The van der Waals surface area contributed by atoms with Gasteiger partial charge >= 0.3 is 0 Å². The molecule has 0 aromatic rings. The van der Waals surface area contributed by atoms with Crippen molar-refractivity contribution < 1.29 is 4.79 Å². The van der Waals surface area contributed by atoms with Gasteiger partial charge in [-0.05, 0) is 56.0 Å². The van der Waals surface area contributed by atoms with E-state index < -0.39 is 0 Å². The maximum absolute atomic E-state index is 12.1. The molecule has 20 heavy (non-hydrogen) atoms. The largest absolute Gasteiger partial charge is 0.303 e. The minimum absolute atomic E-state index is 0.333. The fraction of sp³-hybridized carbons (Fsp3) is 0.944. The molecule has 0 spiro atoms. The zero-order chi connectivity index (χ0) is 14.8. The zero-order valence-corrected chi connectivity index (χ0v) is 14.0. The zero-order valence-electron chi connectivity index (χ0n) is 14.0. The van der Waals surface area contributed by atoms with Gasteiger partial charge in [0.15, 0.2) is 0 Å². The van der Waals surface area contributed by atoms with Gasteiger partial charge in [0.1, 0.15) is 5.78 Å². The van der Waals surface area contributed by atoms with Crippen molar-refractivity contribution in [2.24, 2.45) is 23.2 Å². The molecule has 0 radical (unpaired) electrons. The highest BCUT2D eigenvalue weighted by Crippen LogP contribution is 2.35. The average Bonchev–Trinajstić information content (AvgIpc) is 2.41. The second-order valence-electron chi connectivity index (χ2n) is 8.15. The first-order valence-electron chi connectivity index (χ1n) is 8.65. The van der Waals surface area contributed by atoms with Gasteiger partial charge in [-0.3, -0.25) is 4.79 Å². The van der Waals surface area contributed by atoms with E-state index in [4.69, 9.17) is 0 Å². The Morgan fingerprint density at radius 2 is 1.80 bits per heavy atom. The molecular weight excluding hydrogens is 246 g/mol. The molecule has 2 fully saturated rings. The topological polar surface area (TPSA) is 20.3 Å². The number of nitrogens with zero attached hydrogens (tertiary/aromatic N) is 1. The molecule has 2 atom stereocenters. The number of rotatable bonds is 3. The monoisotopic (exact) mass is 279 g/mol. The van der Waals surface area contributed by atoms with E-state index in [1.54, 1.807) is 0 Å². The summed E-state index contributed by atoms with van der Waals surface area (Å²) in [6.45, 7) is 12.8. The fourth-order valence-electron chi connectivity index (χ4n) is 4.04. The van der Waals surface area contributed by atoms with Crippen molar-refractivity contribution in [3.8, 4) is 0 Å². The van der Waals surface area contributed by atoms with Crippen LogP contribution >= 0.6 is 0 Å². The smallest absolute Gasteiger partial charge is 0.137 e. The molecule has 1 saturated heterocycles. The Morgan fingerprint density at radius 1 is 1.15 bits per heavy atom. The van der Waals surface area contributed by atoms with Crippen LogP contribution in [0.4, 0.5) is 0 Å². The standard InChI is InChI=1S/C18H33NO/c1-5-14-6-7-17(20)15(12-14)13-19-10-8-16(9-11-19)18(2,3)4/h14-16H,5-13H2,1-4H3. The quantitative estimate of drug-likeness (QED) is 0.774. The molecular formula is C18H33NO. The van der Waals surface area contributed by atoms with E-state index in [0.717, 1.165) is 37.6 Å². The lowest BCUT2D eigenvalue weighted by Gasteiger charge is -2.40. The third-order valence-corrected chi connectivity index (χ3v) is 5.74. The third kappa shape index (κ3) is 4.07. The van der Waals surface area contributed by atoms with Crippen LogP contribution in [0.3, 0.4) is 0 Å². The van der Waals surface area contributed by atoms with E-state index in [9.17, 15) is 4.79 Å². The normalized spacial score (nSPS) is 30.7. The maximum Gasteiger partial charge on any atom is 0.137 e. The van der Waals surface area contributed by atoms with Crippen LogP contribution in [0, 0.1) is 23.2 Å². The van der Waals surface area contributed by atoms with Crippen molar-refractivity contribution in [3.63, 3.8) is 0 Å². The Bertz CT molecular complexity index is 323. The summed E-state index contributed by atoms with van der Waals surface area (Å²) in [7, 11) is 0. The average molecular weight is 279 g/mol. The summed E-state index contributed by atoms with van der Waals surface area (Å²) in [5.41, 5.74) is 0.444. The van der Waals surface area contributed by atoms with Gasteiger partial charge < -0.3 is 4.90 Å². The lowest BCUT2D eigenvalue weighted by molar-refractivity contribution is -0.126. The number of hydrogen-bond acceptors (Lipinski definition) is 2. The van der Waals surface area contributed by atoms with Crippen LogP contribution in [-0.4, -0.2) is 30.3 Å². The van der Waals surface area contributed by atoms with Crippen LogP contribution in [-0.2, 0) is 4.79 Å². The molecule has 2 rings (SSSR count). The predicted molar refractivity (Wildman–Crippen MR) is 84.7 cm³/mol. The molecule has 1 aliphatic heterocycles. The molecule has 2 unspecified atom stereocenters. The van der Waals surface area contributed by atoms with Crippen LogP contribution in [0.25, 0.3) is 0 Å². The van der Waals surface area contributed by atoms with E-state index in [-0.39, 0.29) is 0 Å². The first-order valence-corrected chi connectivity index (χ1v) is 8.65. The first-order chi connectivity index (χ1) is 9.40. The minimum atomic E-state index is 0.333. The Hall–Kier alpha value is -0.370. The van der Waals surface area contributed by atoms with Crippen LogP contribution in [0.2, 0.25) is 0 Å². The molecule has 0 amide bonds. The molecule has 1 heterocycles. The number of likely N-dealkylation sites (tertiary alicyclic amines) is 1. The van der Waals surface area contributed by atoms with Crippen LogP contribution in [0.5, 0.6) is 0 Å². The van der Waals surface area contributed by atoms with Gasteiger partial charge in [-0.15, -0.1) is 0 Å². The maximum atomic E-state index is 12.1. The second kappa shape index (κ2) is 6.60. The van der Waals surface area contributed by atoms with Gasteiger partial charge in [0.05, 0.1) is 0 Å². The number of ketones is 1. The van der Waals surface area contributed by atoms with E-state index in [1.165, 1.54) is 32.4 Å². The van der Waals surface area contributed by atoms with Crippen LogP contribution in [0.15, 0.2) is 0 Å². The summed E-state index contributed by atoms with van der Waals surface area (Å²) in [6.07, 6.45) is 6.98. The fourth-order valence-corrected chi connectivity index (χ4v) is 4.04. The molecule has 0 aromatic carbocycles. The molecule has 0 aromatic heterocycles. The molecule has 1 saturated carbocycles. The lowest BCUT2D eigenvalue weighted by atomic mass is 9.74. The lowest BCUT2D eigenvalue weighted by Crippen LogP contribution is -2.42. The molecule has 2 nitrogen and oxygen atoms in total. The van der Waals surface area contributed by atoms with Crippen LogP contribution < -0.4 is 0 Å². The molecule has 2 heteroatoms. The summed E-state index contributed by atoms with van der Waals surface area (Å²) in [5.74, 6) is 2.52. The number of Topliss-reactive ketones (excluding diaryl/α,β-unsaturated/α-hetero) is 1. The number of piperidine rings is 1. The molecule has 0 N–H and O–H groups in total.